The molecule has 116 valence electrons. The molecule has 1 atom stereocenters. The molecule has 1 N–H and O–H groups in total. The first kappa shape index (κ1) is 14.7. The van der Waals surface area contributed by atoms with Crippen LogP contribution in [0.3, 0.4) is 0 Å². The van der Waals surface area contributed by atoms with Gasteiger partial charge in [-0.2, -0.15) is 5.26 Å². The van der Waals surface area contributed by atoms with Gasteiger partial charge in [-0.25, -0.2) is 0 Å². The summed E-state index contributed by atoms with van der Waals surface area (Å²) in [7, 11) is 0. The summed E-state index contributed by atoms with van der Waals surface area (Å²) < 4.78 is 16.1. The summed E-state index contributed by atoms with van der Waals surface area (Å²) >= 11 is 0. The molecule has 3 rings (SSSR count). The largest absolute Gasteiger partial charge is 0.480 e. The van der Waals surface area contributed by atoms with E-state index in [4.69, 9.17) is 19.5 Å². The van der Waals surface area contributed by atoms with E-state index in [0.29, 0.717) is 28.5 Å². The van der Waals surface area contributed by atoms with Crippen molar-refractivity contribution in [1.82, 2.24) is 0 Å². The van der Waals surface area contributed by atoms with Crippen LogP contribution in [0.15, 0.2) is 42.5 Å². The minimum Gasteiger partial charge on any atom is -0.480 e. The van der Waals surface area contributed by atoms with Gasteiger partial charge in [0.15, 0.2) is 17.6 Å². The van der Waals surface area contributed by atoms with E-state index in [0.717, 1.165) is 0 Å². The second-order valence-corrected chi connectivity index (χ2v) is 4.93. The molecular formula is C17H14N2O4. The zero-order valence-electron chi connectivity index (χ0n) is 12.4. The molecule has 0 bridgehead atoms. The Kier molecular flexibility index (Phi) is 4.02. The molecule has 0 saturated carbocycles. The van der Waals surface area contributed by atoms with Crippen molar-refractivity contribution in [3.63, 3.8) is 0 Å². The summed E-state index contributed by atoms with van der Waals surface area (Å²) in [5.41, 5.74) is 0.971. The molecule has 6 nitrogen and oxygen atoms in total. The van der Waals surface area contributed by atoms with Gasteiger partial charge in [0.1, 0.15) is 11.8 Å². The Morgan fingerprint density at radius 3 is 2.87 bits per heavy atom. The molecular weight excluding hydrogens is 296 g/mol. The predicted octanol–water partition coefficient (Wildman–Crippen LogP) is 2.69. The molecule has 0 spiro atoms. The highest BCUT2D eigenvalue weighted by Gasteiger charge is 2.18. The van der Waals surface area contributed by atoms with Crippen molar-refractivity contribution in [3.05, 3.63) is 48.0 Å². The third-order valence-electron chi connectivity index (χ3n) is 3.32. The smallest absolute Gasteiger partial charge is 0.265 e. The van der Waals surface area contributed by atoms with Gasteiger partial charge in [0.2, 0.25) is 6.79 Å². The minimum absolute atomic E-state index is 0.178. The molecule has 1 aliphatic rings. The van der Waals surface area contributed by atoms with Gasteiger partial charge < -0.3 is 19.5 Å². The predicted molar refractivity (Wildman–Crippen MR) is 82.4 cm³/mol. The number of nitrogens with zero attached hydrogens (tertiary/aromatic N) is 1. The highest BCUT2D eigenvalue weighted by Crippen LogP contribution is 2.34. The highest BCUT2D eigenvalue weighted by molar-refractivity contribution is 5.94. The first-order valence-electron chi connectivity index (χ1n) is 7.03. The lowest BCUT2D eigenvalue weighted by molar-refractivity contribution is -0.122. The van der Waals surface area contributed by atoms with Crippen LogP contribution in [-0.4, -0.2) is 18.8 Å². The SMILES string of the molecule is CC(Oc1ccccc1C#N)C(=O)Nc1ccc2c(c1)OCO2. The minimum atomic E-state index is -0.755. The molecule has 0 radical (unpaired) electrons. The molecule has 0 aliphatic carbocycles. The Morgan fingerprint density at radius 2 is 2.04 bits per heavy atom. The van der Waals surface area contributed by atoms with E-state index in [2.05, 4.69) is 5.32 Å². The van der Waals surface area contributed by atoms with E-state index in [9.17, 15) is 4.79 Å². The molecule has 0 saturated heterocycles. The van der Waals surface area contributed by atoms with Crippen LogP contribution in [0.2, 0.25) is 0 Å². The topological polar surface area (TPSA) is 80.6 Å². The summed E-state index contributed by atoms with van der Waals surface area (Å²) in [6.07, 6.45) is -0.755. The van der Waals surface area contributed by atoms with E-state index in [1.807, 2.05) is 6.07 Å². The number of nitrogens with one attached hydrogen (secondary N) is 1. The third-order valence-corrected chi connectivity index (χ3v) is 3.32. The van der Waals surface area contributed by atoms with Crippen LogP contribution < -0.4 is 19.5 Å². The monoisotopic (exact) mass is 310 g/mol. The third kappa shape index (κ3) is 3.19. The second kappa shape index (κ2) is 6.28. The number of carbonyl (C=O) groups is 1. The van der Waals surface area contributed by atoms with E-state index < -0.39 is 6.10 Å². The van der Waals surface area contributed by atoms with Gasteiger partial charge in [0.25, 0.3) is 5.91 Å². The number of nitriles is 1. The van der Waals surface area contributed by atoms with Crippen LogP contribution in [0.25, 0.3) is 0 Å². The number of hydrogen-bond acceptors (Lipinski definition) is 5. The van der Waals surface area contributed by atoms with Gasteiger partial charge in [-0.05, 0) is 31.2 Å². The number of rotatable bonds is 4. The number of ether oxygens (including phenoxy) is 3. The number of benzene rings is 2. The molecule has 1 amide bonds. The molecule has 23 heavy (non-hydrogen) atoms. The summed E-state index contributed by atoms with van der Waals surface area (Å²) in [5, 5.41) is 11.8. The zero-order chi connectivity index (χ0) is 16.2. The quantitative estimate of drug-likeness (QED) is 0.939. The number of carbonyl (C=O) groups excluding carboxylic acids is 1. The van der Waals surface area contributed by atoms with Gasteiger partial charge in [0, 0.05) is 11.8 Å². The average Bonchev–Trinajstić information content (AvgIpc) is 3.03. The van der Waals surface area contributed by atoms with E-state index in [-0.39, 0.29) is 12.7 Å². The van der Waals surface area contributed by atoms with Gasteiger partial charge in [0.05, 0.1) is 5.56 Å². The summed E-state index contributed by atoms with van der Waals surface area (Å²) in [5.74, 6) is 1.29. The summed E-state index contributed by atoms with van der Waals surface area (Å²) in [4.78, 5) is 12.2. The van der Waals surface area contributed by atoms with Crippen molar-refractivity contribution in [2.75, 3.05) is 12.1 Å². The van der Waals surface area contributed by atoms with E-state index in [1.165, 1.54) is 0 Å². The Morgan fingerprint density at radius 1 is 1.26 bits per heavy atom. The molecule has 2 aromatic rings. The van der Waals surface area contributed by atoms with Gasteiger partial charge in [-0.3, -0.25) is 4.79 Å². The lowest BCUT2D eigenvalue weighted by atomic mass is 10.2. The Hall–Kier alpha value is -3.20. The lowest BCUT2D eigenvalue weighted by Crippen LogP contribution is -2.30. The van der Waals surface area contributed by atoms with Crippen molar-refractivity contribution in [2.45, 2.75) is 13.0 Å². The van der Waals surface area contributed by atoms with Crippen LogP contribution in [0.1, 0.15) is 12.5 Å². The maximum atomic E-state index is 12.2. The number of hydrogen-bond donors (Lipinski definition) is 1. The zero-order valence-corrected chi connectivity index (χ0v) is 12.4. The molecule has 6 heteroatoms. The fourth-order valence-electron chi connectivity index (χ4n) is 2.12. The van der Waals surface area contributed by atoms with Crippen LogP contribution >= 0.6 is 0 Å². The average molecular weight is 310 g/mol. The van der Waals surface area contributed by atoms with Crippen molar-refractivity contribution in [3.8, 4) is 23.3 Å². The van der Waals surface area contributed by atoms with E-state index >= 15 is 0 Å². The second-order valence-electron chi connectivity index (χ2n) is 4.93. The summed E-state index contributed by atoms with van der Waals surface area (Å²) in [6.45, 7) is 1.80. The number of anilines is 1. The maximum absolute atomic E-state index is 12.2. The van der Waals surface area contributed by atoms with Crippen LogP contribution in [0.4, 0.5) is 5.69 Å². The fraction of sp³-hybridized carbons (Fsp3) is 0.176. The van der Waals surface area contributed by atoms with Crippen LogP contribution in [0, 0.1) is 11.3 Å². The molecule has 0 aromatic heterocycles. The van der Waals surface area contributed by atoms with Crippen molar-refractivity contribution in [1.29, 1.82) is 5.26 Å². The first-order chi connectivity index (χ1) is 11.2. The Balaban J connectivity index is 1.67. The number of para-hydroxylation sites is 1. The molecule has 1 unspecified atom stereocenters. The Bertz CT molecular complexity index is 782. The van der Waals surface area contributed by atoms with Crippen molar-refractivity contribution < 1.29 is 19.0 Å². The maximum Gasteiger partial charge on any atom is 0.265 e. The fourth-order valence-corrected chi connectivity index (χ4v) is 2.12. The molecule has 0 fully saturated rings. The molecule has 1 aliphatic heterocycles. The van der Waals surface area contributed by atoms with Gasteiger partial charge >= 0.3 is 0 Å². The first-order valence-corrected chi connectivity index (χ1v) is 7.03. The van der Waals surface area contributed by atoms with Crippen molar-refractivity contribution >= 4 is 11.6 Å². The highest BCUT2D eigenvalue weighted by atomic mass is 16.7. The van der Waals surface area contributed by atoms with Crippen molar-refractivity contribution in [2.24, 2.45) is 0 Å². The normalized spacial score (nSPS) is 13.0. The Labute approximate surface area is 133 Å². The summed E-state index contributed by atoms with van der Waals surface area (Å²) in [6, 6.07) is 14.0. The number of fused-ring (bicyclic) bond motifs is 1. The van der Waals surface area contributed by atoms with Crippen LogP contribution in [0.5, 0.6) is 17.2 Å². The van der Waals surface area contributed by atoms with E-state index in [1.54, 1.807) is 49.4 Å². The molecule has 1 heterocycles. The van der Waals surface area contributed by atoms with Gasteiger partial charge in [-0.1, -0.05) is 12.1 Å². The number of amides is 1. The van der Waals surface area contributed by atoms with Crippen LogP contribution in [-0.2, 0) is 4.79 Å². The lowest BCUT2D eigenvalue weighted by Gasteiger charge is -2.15. The van der Waals surface area contributed by atoms with Gasteiger partial charge in [-0.15, -0.1) is 0 Å². The molecule has 2 aromatic carbocycles. The standard InChI is InChI=1S/C17H14N2O4/c1-11(23-14-5-3-2-4-12(14)9-18)17(20)19-13-6-7-15-16(8-13)22-10-21-15/h2-8,11H,10H2,1H3,(H,19,20).